The molecule has 0 bridgehead atoms. The first kappa shape index (κ1) is 11.6. The summed E-state index contributed by atoms with van der Waals surface area (Å²) in [5.41, 5.74) is 6.60. The minimum Gasteiger partial charge on any atom is -0.369 e. The summed E-state index contributed by atoms with van der Waals surface area (Å²) in [6, 6.07) is 0.00861. The Morgan fingerprint density at radius 1 is 1.35 bits per heavy atom. The zero-order chi connectivity index (χ0) is 12.7. The van der Waals surface area contributed by atoms with Gasteiger partial charge in [-0.25, -0.2) is 4.98 Å². The van der Waals surface area contributed by atoms with Crippen LogP contribution in [0.4, 0.5) is 5.95 Å². The van der Waals surface area contributed by atoms with E-state index in [1.165, 1.54) is 4.57 Å². The molecule has 0 spiro atoms. The lowest BCUT2D eigenvalue weighted by Crippen LogP contribution is -2.30. The lowest BCUT2D eigenvalue weighted by Gasteiger charge is -2.20. The maximum atomic E-state index is 12.4. The smallest absolute Gasteiger partial charge is 0.281 e. The van der Waals surface area contributed by atoms with Crippen molar-refractivity contribution < 1.29 is 0 Å². The second kappa shape index (κ2) is 3.87. The minimum atomic E-state index is -0.131. The van der Waals surface area contributed by atoms with Crippen LogP contribution in [0.1, 0.15) is 26.8 Å². The van der Waals surface area contributed by atoms with Gasteiger partial charge in [0.15, 0.2) is 11.2 Å². The average molecular weight is 235 g/mol. The van der Waals surface area contributed by atoms with E-state index in [0.717, 1.165) is 0 Å². The third-order valence-electron chi connectivity index (χ3n) is 3.18. The predicted octanol–water partition coefficient (Wildman–Crippen LogP) is 0.929. The monoisotopic (exact) mass is 235 g/mol. The molecule has 0 aliphatic carbocycles. The molecule has 2 heterocycles. The van der Waals surface area contributed by atoms with Gasteiger partial charge < -0.3 is 10.3 Å². The molecule has 0 aliphatic heterocycles. The van der Waals surface area contributed by atoms with Crippen LogP contribution in [0.25, 0.3) is 11.2 Å². The Morgan fingerprint density at radius 2 is 2.00 bits per heavy atom. The van der Waals surface area contributed by atoms with E-state index in [-0.39, 0.29) is 17.5 Å². The number of rotatable bonds is 2. The van der Waals surface area contributed by atoms with Crippen LogP contribution in [0, 0.1) is 5.92 Å². The number of anilines is 1. The van der Waals surface area contributed by atoms with Crippen molar-refractivity contribution in [2.45, 2.75) is 26.8 Å². The second-order valence-electron chi connectivity index (χ2n) is 4.66. The number of nitrogens with two attached hydrogens (primary N) is 1. The second-order valence-corrected chi connectivity index (χ2v) is 4.66. The fourth-order valence-corrected chi connectivity index (χ4v) is 1.82. The molecule has 2 aromatic rings. The van der Waals surface area contributed by atoms with Gasteiger partial charge in [0.25, 0.3) is 5.56 Å². The van der Waals surface area contributed by atoms with Crippen LogP contribution in [0.5, 0.6) is 0 Å². The molecule has 0 saturated carbocycles. The number of nitrogens with zero attached hydrogens (tertiary/aromatic N) is 4. The van der Waals surface area contributed by atoms with Gasteiger partial charge >= 0.3 is 0 Å². The Morgan fingerprint density at radius 3 is 2.59 bits per heavy atom. The van der Waals surface area contributed by atoms with Crippen LogP contribution in [-0.4, -0.2) is 19.1 Å². The minimum absolute atomic E-state index is 0.00861. The highest BCUT2D eigenvalue weighted by Gasteiger charge is 2.18. The number of hydrogen-bond acceptors (Lipinski definition) is 4. The van der Waals surface area contributed by atoms with Gasteiger partial charge in [0, 0.05) is 13.1 Å². The summed E-state index contributed by atoms with van der Waals surface area (Å²) in [4.78, 5) is 20.6. The van der Waals surface area contributed by atoms with Gasteiger partial charge in [-0.15, -0.1) is 0 Å². The molecule has 0 saturated heterocycles. The summed E-state index contributed by atoms with van der Waals surface area (Å²) in [6.45, 7) is 6.06. The van der Waals surface area contributed by atoms with Crippen molar-refractivity contribution in [2.75, 3.05) is 5.73 Å². The molecule has 0 aliphatic rings. The molecule has 2 rings (SSSR count). The van der Waals surface area contributed by atoms with Crippen LogP contribution in [0.3, 0.4) is 0 Å². The summed E-state index contributed by atoms with van der Waals surface area (Å²) in [5.74, 6) is 0.532. The van der Waals surface area contributed by atoms with E-state index in [0.29, 0.717) is 17.1 Å². The highest BCUT2D eigenvalue weighted by atomic mass is 16.1. The van der Waals surface area contributed by atoms with Crippen molar-refractivity contribution in [3.05, 3.63) is 16.7 Å². The van der Waals surface area contributed by atoms with Crippen LogP contribution >= 0.6 is 0 Å². The molecular formula is C11H17N5O. The van der Waals surface area contributed by atoms with E-state index in [9.17, 15) is 4.79 Å². The maximum Gasteiger partial charge on any atom is 0.281 e. The van der Waals surface area contributed by atoms with E-state index >= 15 is 0 Å². The Hall–Kier alpha value is -1.85. The number of imidazole rings is 1. The quantitative estimate of drug-likeness (QED) is 0.839. The van der Waals surface area contributed by atoms with Crippen molar-refractivity contribution in [1.82, 2.24) is 19.1 Å². The van der Waals surface area contributed by atoms with Gasteiger partial charge in [0.2, 0.25) is 5.95 Å². The van der Waals surface area contributed by atoms with Crippen LogP contribution < -0.4 is 11.3 Å². The molecule has 0 fully saturated rings. The zero-order valence-corrected chi connectivity index (χ0v) is 10.5. The molecule has 2 N–H and O–H groups in total. The Kier molecular flexibility index (Phi) is 2.65. The molecule has 6 heteroatoms. The van der Waals surface area contributed by atoms with E-state index < -0.39 is 0 Å². The Labute approximate surface area is 99.1 Å². The molecule has 0 amide bonds. The summed E-state index contributed by atoms with van der Waals surface area (Å²) in [7, 11) is 1.78. The van der Waals surface area contributed by atoms with E-state index in [1.807, 2.05) is 20.8 Å². The molecule has 1 unspecified atom stereocenters. The summed E-state index contributed by atoms with van der Waals surface area (Å²) >= 11 is 0. The number of nitrogen functional groups attached to an aromatic ring is 1. The molecule has 2 aromatic heterocycles. The first-order valence-corrected chi connectivity index (χ1v) is 5.62. The molecule has 1 atom stereocenters. The topological polar surface area (TPSA) is 78.7 Å². The highest BCUT2D eigenvalue weighted by Crippen LogP contribution is 2.18. The van der Waals surface area contributed by atoms with Crippen LogP contribution in [0.2, 0.25) is 0 Å². The Balaban J connectivity index is 2.80. The maximum absolute atomic E-state index is 12.4. The van der Waals surface area contributed by atoms with Gasteiger partial charge in [-0.05, 0) is 12.8 Å². The molecular weight excluding hydrogens is 218 g/mol. The standard InChI is InChI=1S/C11H17N5O/c1-6(2)7(3)16-10(17)8-9(14-11(16)12)13-5-15(8)4/h5-7H,1-4H3,(H2,12,14). The Bertz CT molecular complexity index is 610. The highest BCUT2D eigenvalue weighted by molar-refractivity contribution is 5.70. The fraction of sp³-hybridized carbons (Fsp3) is 0.545. The van der Waals surface area contributed by atoms with Crippen LogP contribution in [-0.2, 0) is 7.05 Å². The molecule has 6 nitrogen and oxygen atoms in total. The zero-order valence-electron chi connectivity index (χ0n) is 10.5. The molecule has 0 aromatic carbocycles. The van der Waals surface area contributed by atoms with Gasteiger partial charge in [-0.1, -0.05) is 13.8 Å². The summed E-state index contributed by atoms with van der Waals surface area (Å²) in [6.07, 6.45) is 1.57. The average Bonchev–Trinajstić information content (AvgIpc) is 2.59. The SMILES string of the molecule is CC(C)C(C)n1c(N)nc2ncn(C)c2c1=O. The summed E-state index contributed by atoms with van der Waals surface area (Å²) < 4.78 is 3.21. The van der Waals surface area contributed by atoms with Crippen molar-refractivity contribution in [3.63, 3.8) is 0 Å². The number of aromatic nitrogens is 4. The van der Waals surface area contributed by atoms with Crippen molar-refractivity contribution >= 4 is 17.1 Å². The molecule has 17 heavy (non-hydrogen) atoms. The van der Waals surface area contributed by atoms with Gasteiger partial charge in [0.1, 0.15) is 0 Å². The van der Waals surface area contributed by atoms with Gasteiger partial charge in [-0.3, -0.25) is 9.36 Å². The lowest BCUT2D eigenvalue weighted by atomic mass is 10.1. The van der Waals surface area contributed by atoms with Crippen LogP contribution in [0.15, 0.2) is 11.1 Å². The number of aryl methyl sites for hydroxylation is 1. The first-order valence-electron chi connectivity index (χ1n) is 5.62. The molecule has 92 valence electrons. The number of fused-ring (bicyclic) bond motifs is 1. The van der Waals surface area contributed by atoms with E-state index in [1.54, 1.807) is 17.9 Å². The lowest BCUT2D eigenvalue weighted by molar-refractivity contribution is 0.401. The van der Waals surface area contributed by atoms with Gasteiger partial charge in [0.05, 0.1) is 6.33 Å². The number of hydrogen-bond donors (Lipinski definition) is 1. The third-order valence-corrected chi connectivity index (χ3v) is 3.18. The van der Waals surface area contributed by atoms with Gasteiger partial charge in [-0.2, -0.15) is 4.98 Å². The fourth-order valence-electron chi connectivity index (χ4n) is 1.82. The third kappa shape index (κ3) is 1.69. The normalized spacial score (nSPS) is 13.5. The van der Waals surface area contributed by atoms with Crippen molar-refractivity contribution in [2.24, 2.45) is 13.0 Å². The largest absolute Gasteiger partial charge is 0.369 e. The van der Waals surface area contributed by atoms with Crippen molar-refractivity contribution in [3.8, 4) is 0 Å². The van der Waals surface area contributed by atoms with Crippen molar-refractivity contribution in [1.29, 1.82) is 0 Å². The van der Waals surface area contributed by atoms with E-state index in [4.69, 9.17) is 5.73 Å². The van der Waals surface area contributed by atoms with E-state index in [2.05, 4.69) is 9.97 Å². The molecule has 0 radical (unpaired) electrons. The summed E-state index contributed by atoms with van der Waals surface area (Å²) in [5, 5.41) is 0. The first-order chi connectivity index (χ1) is 7.93. The predicted molar refractivity (Wildman–Crippen MR) is 66.7 cm³/mol.